The molecule has 1 aromatic carbocycles. The molecule has 23 heavy (non-hydrogen) atoms. The smallest absolute Gasteiger partial charge is 0.306 e. The summed E-state index contributed by atoms with van der Waals surface area (Å²) >= 11 is 0. The Balaban J connectivity index is 1.54. The van der Waals surface area contributed by atoms with E-state index in [0.29, 0.717) is 12.1 Å². The highest BCUT2D eigenvalue weighted by Crippen LogP contribution is 2.30. The summed E-state index contributed by atoms with van der Waals surface area (Å²) in [7, 11) is 0. The van der Waals surface area contributed by atoms with Crippen LogP contribution < -0.4 is 5.32 Å². The highest BCUT2D eigenvalue weighted by Gasteiger charge is 2.30. The van der Waals surface area contributed by atoms with Crippen LogP contribution >= 0.6 is 0 Å². The number of benzene rings is 1. The third-order valence-corrected chi connectivity index (χ3v) is 5.78. The molecular formula is C20H29NO2. The van der Waals surface area contributed by atoms with E-state index in [1.54, 1.807) is 0 Å². The quantitative estimate of drug-likeness (QED) is 0.863. The van der Waals surface area contributed by atoms with Crippen LogP contribution in [0, 0.1) is 11.8 Å². The Hall–Kier alpha value is -1.35. The predicted octanol–water partition coefficient (Wildman–Crippen LogP) is 4.02. The van der Waals surface area contributed by atoms with Crippen LogP contribution in [0.4, 0.5) is 0 Å². The molecule has 3 heteroatoms. The molecule has 2 N–H and O–H groups in total. The fraction of sp³-hybridized carbons (Fsp3) is 0.650. The van der Waals surface area contributed by atoms with Gasteiger partial charge < -0.3 is 10.4 Å². The Bertz CT molecular complexity index is 494. The SMILES string of the molecule is O=C(O)C1CCC(NC2CCCCC2Cc2ccccc2)CC1. The third kappa shape index (κ3) is 4.57. The normalized spacial score (nSPS) is 31.7. The number of carbonyl (C=O) groups is 1. The van der Waals surface area contributed by atoms with Crippen molar-refractivity contribution in [2.45, 2.75) is 69.9 Å². The molecule has 2 unspecified atom stereocenters. The molecule has 1 aromatic rings. The minimum absolute atomic E-state index is 0.112. The zero-order valence-electron chi connectivity index (χ0n) is 13.9. The Morgan fingerprint density at radius 1 is 1.00 bits per heavy atom. The number of aliphatic carboxylic acids is 1. The van der Waals surface area contributed by atoms with Gasteiger partial charge >= 0.3 is 5.97 Å². The van der Waals surface area contributed by atoms with E-state index >= 15 is 0 Å². The van der Waals surface area contributed by atoms with E-state index in [1.165, 1.54) is 37.7 Å². The molecule has 2 fully saturated rings. The van der Waals surface area contributed by atoms with Gasteiger partial charge in [0.25, 0.3) is 0 Å². The fourth-order valence-corrected chi connectivity index (χ4v) is 4.40. The maximum atomic E-state index is 11.1. The molecule has 3 rings (SSSR count). The van der Waals surface area contributed by atoms with E-state index in [4.69, 9.17) is 5.11 Å². The van der Waals surface area contributed by atoms with Crippen molar-refractivity contribution in [1.82, 2.24) is 5.32 Å². The number of hydrogen-bond acceptors (Lipinski definition) is 2. The maximum absolute atomic E-state index is 11.1. The lowest BCUT2D eigenvalue weighted by Gasteiger charge is -2.37. The predicted molar refractivity (Wildman–Crippen MR) is 92.4 cm³/mol. The molecule has 0 bridgehead atoms. The van der Waals surface area contributed by atoms with Crippen LogP contribution in [0.3, 0.4) is 0 Å². The monoisotopic (exact) mass is 315 g/mol. The molecule has 2 atom stereocenters. The second-order valence-corrected chi connectivity index (χ2v) is 7.39. The van der Waals surface area contributed by atoms with Crippen molar-refractivity contribution in [3.8, 4) is 0 Å². The largest absolute Gasteiger partial charge is 0.481 e. The molecule has 2 aliphatic carbocycles. The standard InChI is InChI=1S/C20H29NO2/c22-20(23)16-10-12-18(13-11-16)21-19-9-5-4-8-17(19)14-15-6-2-1-3-7-15/h1-3,6-7,16-19,21H,4-5,8-14H2,(H,22,23). The van der Waals surface area contributed by atoms with Gasteiger partial charge in [-0.2, -0.15) is 0 Å². The molecule has 0 saturated heterocycles. The van der Waals surface area contributed by atoms with E-state index in [9.17, 15) is 4.79 Å². The van der Waals surface area contributed by atoms with E-state index in [-0.39, 0.29) is 5.92 Å². The fourth-order valence-electron chi connectivity index (χ4n) is 4.40. The first-order chi connectivity index (χ1) is 11.2. The molecule has 126 valence electrons. The van der Waals surface area contributed by atoms with Crippen molar-refractivity contribution in [3.05, 3.63) is 35.9 Å². The summed E-state index contributed by atoms with van der Waals surface area (Å²) in [5.74, 6) is 0.00550. The first-order valence-electron chi connectivity index (χ1n) is 9.25. The molecule has 0 aliphatic heterocycles. The summed E-state index contributed by atoms with van der Waals surface area (Å²) in [6.07, 6.45) is 10.1. The minimum atomic E-state index is -0.608. The Morgan fingerprint density at radius 3 is 2.39 bits per heavy atom. The van der Waals surface area contributed by atoms with E-state index in [0.717, 1.165) is 31.6 Å². The van der Waals surface area contributed by atoms with E-state index < -0.39 is 5.97 Å². The molecule has 2 aliphatic rings. The van der Waals surface area contributed by atoms with Gasteiger partial charge in [-0.3, -0.25) is 4.79 Å². The topological polar surface area (TPSA) is 49.3 Å². The zero-order chi connectivity index (χ0) is 16.1. The van der Waals surface area contributed by atoms with Crippen LogP contribution in [0.25, 0.3) is 0 Å². The summed E-state index contributed by atoms with van der Waals surface area (Å²) < 4.78 is 0. The second-order valence-electron chi connectivity index (χ2n) is 7.39. The van der Waals surface area contributed by atoms with Crippen molar-refractivity contribution >= 4 is 5.97 Å². The highest BCUT2D eigenvalue weighted by molar-refractivity contribution is 5.70. The molecule has 0 radical (unpaired) electrons. The summed E-state index contributed by atoms with van der Waals surface area (Å²) in [5, 5.41) is 13.0. The molecule has 0 heterocycles. The van der Waals surface area contributed by atoms with Gasteiger partial charge in [-0.1, -0.05) is 43.2 Å². The zero-order valence-corrected chi connectivity index (χ0v) is 13.9. The van der Waals surface area contributed by atoms with Crippen molar-refractivity contribution in [2.75, 3.05) is 0 Å². The van der Waals surface area contributed by atoms with Crippen LogP contribution in [0.15, 0.2) is 30.3 Å². The summed E-state index contributed by atoms with van der Waals surface area (Å²) in [4.78, 5) is 11.1. The van der Waals surface area contributed by atoms with Crippen LogP contribution in [0.1, 0.15) is 56.9 Å². The van der Waals surface area contributed by atoms with Gasteiger partial charge in [-0.05, 0) is 56.4 Å². The van der Waals surface area contributed by atoms with Gasteiger partial charge in [-0.15, -0.1) is 0 Å². The summed E-state index contributed by atoms with van der Waals surface area (Å²) in [6, 6.07) is 12.0. The number of rotatable bonds is 5. The van der Waals surface area contributed by atoms with Gasteiger partial charge in [0.15, 0.2) is 0 Å². The molecule has 2 saturated carbocycles. The second kappa shape index (κ2) is 7.96. The Kier molecular flexibility index (Phi) is 5.71. The molecule has 0 spiro atoms. The Labute approximate surface area is 139 Å². The summed E-state index contributed by atoms with van der Waals surface area (Å²) in [5.41, 5.74) is 1.45. The van der Waals surface area contributed by atoms with Crippen LogP contribution in [-0.4, -0.2) is 23.2 Å². The Morgan fingerprint density at radius 2 is 1.70 bits per heavy atom. The van der Waals surface area contributed by atoms with E-state index in [2.05, 4.69) is 35.6 Å². The van der Waals surface area contributed by atoms with Crippen LogP contribution in [0.2, 0.25) is 0 Å². The number of carboxylic acid groups (broad SMARTS) is 1. The first kappa shape index (κ1) is 16.5. The third-order valence-electron chi connectivity index (χ3n) is 5.78. The maximum Gasteiger partial charge on any atom is 0.306 e. The molecule has 0 amide bonds. The number of carboxylic acids is 1. The first-order valence-corrected chi connectivity index (χ1v) is 9.25. The lowest BCUT2D eigenvalue weighted by molar-refractivity contribution is -0.142. The van der Waals surface area contributed by atoms with Crippen molar-refractivity contribution < 1.29 is 9.90 Å². The minimum Gasteiger partial charge on any atom is -0.481 e. The average Bonchev–Trinajstić information content (AvgIpc) is 2.58. The molecule has 3 nitrogen and oxygen atoms in total. The van der Waals surface area contributed by atoms with Crippen molar-refractivity contribution in [2.24, 2.45) is 11.8 Å². The van der Waals surface area contributed by atoms with E-state index in [1.807, 2.05) is 0 Å². The average molecular weight is 315 g/mol. The van der Waals surface area contributed by atoms with Gasteiger partial charge in [0, 0.05) is 12.1 Å². The molecular weight excluding hydrogens is 286 g/mol. The van der Waals surface area contributed by atoms with Gasteiger partial charge in [0.1, 0.15) is 0 Å². The molecule has 0 aromatic heterocycles. The van der Waals surface area contributed by atoms with Gasteiger partial charge in [0.2, 0.25) is 0 Å². The van der Waals surface area contributed by atoms with Crippen LogP contribution in [-0.2, 0) is 11.2 Å². The summed E-state index contributed by atoms with van der Waals surface area (Å²) in [6.45, 7) is 0. The lowest BCUT2D eigenvalue weighted by Crippen LogP contribution is -2.46. The van der Waals surface area contributed by atoms with Crippen molar-refractivity contribution in [1.29, 1.82) is 0 Å². The lowest BCUT2D eigenvalue weighted by atomic mass is 9.79. The van der Waals surface area contributed by atoms with Gasteiger partial charge in [0.05, 0.1) is 5.92 Å². The number of nitrogens with one attached hydrogen (secondary N) is 1. The van der Waals surface area contributed by atoms with Gasteiger partial charge in [-0.25, -0.2) is 0 Å². The highest BCUT2D eigenvalue weighted by atomic mass is 16.4. The van der Waals surface area contributed by atoms with Crippen molar-refractivity contribution in [3.63, 3.8) is 0 Å². The number of hydrogen-bond donors (Lipinski definition) is 2. The van der Waals surface area contributed by atoms with Crippen LogP contribution in [0.5, 0.6) is 0 Å².